The molecule has 0 saturated carbocycles. The summed E-state index contributed by atoms with van der Waals surface area (Å²) in [6.45, 7) is 0. The molecule has 0 radical (unpaired) electrons. The van der Waals surface area contributed by atoms with E-state index in [2.05, 4.69) is 25.6 Å². The van der Waals surface area contributed by atoms with Gasteiger partial charge in [-0.05, 0) is 6.07 Å². The minimum atomic E-state index is -1.32. The van der Waals surface area contributed by atoms with Crippen molar-refractivity contribution in [3.63, 3.8) is 0 Å². The summed E-state index contributed by atoms with van der Waals surface area (Å²) in [7, 11) is 3.06. The Hall–Kier alpha value is -3.27. The molecule has 134 valence electrons. The Morgan fingerprint density at radius 1 is 1.31 bits per heavy atom. The van der Waals surface area contributed by atoms with Crippen molar-refractivity contribution in [2.45, 2.75) is 0 Å². The molecule has 0 amide bonds. The van der Waals surface area contributed by atoms with Gasteiger partial charge in [-0.3, -0.25) is 4.68 Å². The summed E-state index contributed by atoms with van der Waals surface area (Å²) < 4.78 is 21.0. The van der Waals surface area contributed by atoms with Gasteiger partial charge in [0.2, 0.25) is 0 Å². The van der Waals surface area contributed by atoms with E-state index in [-0.39, 0.29) is 33.8 Å². The third kappa shape index (κ3) is 3.40. The highest BCUT2D eigenvalue weighted by molar-refractivity contribution is 6.29. The van der Waals surface area contributed by atoms with Crippen molar-refractivity contribution in [2.24, 2.45) is 7.05 Å². The molecule has 0 fully saturated rings. The van der Waals surface area contributed by atoms with Gasteiger partial charge in [-0.1, -0.05) is 11.6 Å². The molecule has 3 aromatic rings. The Morgan fingerprint density at radius 2 is 2.08 bits per heavy atom. The van der Waals surface area contributed by atoms with E-state index in [1.165, 1.54) is 30.3 Å². The number of nitrogens with zero attached hydrogens (tertiary/aromatic N) is 5. The minimum absolute atomic E-state index is 0.0283. The number of carbonyl (C=O) groups is 1. The minimum Gasteiger partial charge on any atom is -0.494 e. The number of anilines is 2. The van der Waals surface area contributed by atoms with Gasteiger partial charge in [0.1, 0.15) is 12.1 Å². The first kappa shape index (κ1) is 17.5. The molecule has 0 atom stereocenters. The highest BCUT2D eigenvalue weighted by atomic mass is 35.5. The molecule has 0 spiro atoms. The summed E-state index contributed by atoms with van der Waals surface area (Å²) >= 11 is 5.79. The second-order valence-electron chi connectivity index (χ2n) is 5.14. The van der Waals surface area contributed by atoms with Gasteiger partial charge in [-0.2, -0.15) is 5.10 Å². The predicted octanol–water partition coefficient (Wildman–Crippen LogP) is 2.52. The van der Waals surface area contributed by atoms with Crippen LogP contribution < -0.4 is 10.1 Å². The lowest BCUT2D eigenvalue weighted by Crippen LogP contribution is -2.08. The van der Waals surface area contributed by atoms with E-state index in [1.807, 2.05) is 0 Å². The smallest absolute Gasteiger partial charge is 0.358 e. The normalized spacial score (nSPS) is 10.6. The highest BCUT2D eigenvalue weighted by Gasteiger charge is 2.20. The first-order valence-electron chi connectivity index (χ1n) is 7.16. The molecule has 2 heterocycles. The van der Waals surface area contributed by atoms with Crippen LogP contribution in [-0.2, 0) is 7.05 Å². The zero-order valence-electron chi connectivity index (χ0n) is 13.6. The fourth-order valence-electron chi connectivity index (χ4n) is 2.30. The third-order valence-corrected chi connectivity index (χ3v) is 3.52. The number of aryl methyl sites for hydroxylation is 1. The number of methoxy groups -OCH3 is 1. The number of halogens is 2. The number of carboxylic acid groups (broad SMARTS) is 1. The lowest BCUT2D eigenvalue weighted by atomic mass is 10.1. The van der Waals surface area contributed by atoms with Crippen molar-refractivity contribution >= 4 is 28.9 Å². The molecule has 9 nitrogen and oxygen atoms in total. The Morgan fingerprint density at radius 3 is 2.69 bits per heavy atom. The molecule has 0 saturated heterocycles. The summed E-state index contributed by atoms with van der Waals surface area (Å²) in [6.07, 6.45) is 1.46. The molecule has 26 heavy (non-hydrogen) atoms. The fraction of sp³-hybridized carbons (Fsp3) is 0.133. The van der Waals surface area contributed by atoms with E-state index >= 15 is 0 Å². The summed E-state index contributed by atoms with van der Waals surface area (Å²) in [5.41, 5.74) is 0.0988. The average Bonchev–Trinajstić information content (AvgIpc) is 3.00. The van der Waals surface area contributed by atoms with Gasteiger partial charge < -0.3 is 15.2 Å². The zero-order valence-corrected chi connectivity index (χ0v) is 14.3. The van der Waals surface area contributed by atoms with Gasteiger partial charge in [0.05, 0.1) is 24.0 Å². The number of hydrogen-bond donors (Lipinski definition) is 2. The van der Waals surface area contributed by atoms with Crippen LogP contribution in [-0.4, -0.2) is 43.1 Å². The van der Waals surface area contributed by atoms with Gasteiger partial charge in [0.25, 0.3) is 0 Å². The monoisotopic (exact) mass is 378 g/mol. The summed E-state index contributed by atoms with van der Waals surface area (Å²) in [6, 6.07) is 3.63. The molecular weight excluding hydrogens is 367 g/mol. The van der Waals surface area contributed by atoms with Gasteiger partial charge in [0.15, 0.2) is 22.4 Å². The fourth-order valence-corrected chi connectivity index (χ4v) is 2.45. The van der Waals surface area contributed by atoms with Crippen molar-refractivity contribution < 1.29 is 19.0 Å². The number of aromatic nitrogens is 5. The maximum atomic E-state index is 14.1. The van der Waals surface area contributed by atoms with Crippen molar-refractivity contribution in [1.82, 2.24) is 25.0 Å². The number of aromatic carboxylic acids is 1. The topological polar surface area (TPSA) is 115 Å². The van der Waals surface area contributed by atoms with Gasteiger partial charge >= 0.3 is 5.97 Å². The standard InChI is InChI=1S/C15H12ClFN6O3/c1-23-6-18-14(22-23)8-3-7(17)4-10(13(8)26-2)19-9-5-11(16)20-21-12(9)15(24)25/h3-6H,1-2H3,(H,19,20)(H,24,25). The molecule has 11 heteroatoms. The highest BCUT2D eigenvalue weighted by Crippen LogP contribution is 2.38. The molecule has 2 aromatic heterocycles. The van der Waals surface area contributed by atoms with E-state index in [0.717, 1.165) is 6.07 Å². The molecule has 3 rings (SSSR count). The maximum absolute atomic E-state index is 14.1. The lowest BCUT2D eigenvalue weighted by molar-refractivity contribution is 0.0690. The van der Waals surface area contributed by atoms with E-state index in [4.69, 9.17) is 16.3 Å². The number of hydrogen-bond acceptors (Lipinski definition) is 7. The Kier molecular flexibility index (Phi) is 4.67. The molecule has 0 aliphatic heterocycles. The van der Waals surface area contributed by atoms with Crippen molar-refractivity contribution in [1.29, 1.82) is 0 Å². The Balaban J connectivity index is 2.13. The predicted molar refractivity (Wildman–Crippen MR) is 90.2 cm³/mol. The van der Waals surface area contributed by atoms with Crippen LogP contribution in [0.4, 0.5) is 15.8 Å². The molecule has 1 aromatic carbocycles. The molecule has 0 aliphatic carbocycles. The van der Waals surface area contributed by atoms with E-state index in [1.54, 1.807) is 7.05 Å². The van der Waals surface area contributed by atoms with Crippen molar-refractivity contribution in [2.75, 3.05) is 12.4 Å². The van der Waals surface area contributed by atoms with Gasteiger partial charge in [-0.15, -0.1) is 10.2 Å². The Labute approximate surface area is 151 Å². The molecular formula is C15H12ClFN6O3. The van der Waals surface area contributed by atoms with Gasteiger partial charge in [-0.25, -0.2) is 14.2 Å². The second-order valence-corrected chi connectivity index (χ2v) is 5.52. The number of rotatable bonds is 5. The van der Waals surface area contributed by atoms with Crippen molar-refractivity contribution in [3.8, 4) is 17.1 Å². The quantitative estimate of drug-likeness (QED) is 0.695. The third-order valence-electron chi connectivity index (χ3n) is 3.33. The van der Waals surface area contributed by atoms with Crippen LogP contribution in [0.3, 0.4) is 0 Å². The van der Waals surface area contributed by atoms with Crippen LogP contribution in [0.25, 0.3) is 11.4 Å². The van der Waals surface area contributed by atoms with E-state index in [9.17, 15) is 14.3 Å². The largest absolute Gasteiger partial charge is 0.494 e. The van der Waals surface area contributed by atoms with Crippen LogP contribution in [0.5, 0.6) is 5.75 Å². The number of carboxylic acids is 1. The van der Waals surface area contributed by atoms with E-state index < -0.39 is 11.8 Å². The maximum Gasteiger partial charge on any atom is 0.358 e. The van der Waals surface area contributed by atoms with Crippen LogP contribution in [0.15, 0.2) is 24.5 Å². The zero-order chi connectivity index (χ0) is 18.8. The number of benzene rings is 1. The number of ether oxygens (including phenoxy) is 1. The number of nitrogens with one attached hydrogen (secondary N) is 1. The molecule has 2 N–H and O–H groups in total. The second kappa shape index (κ2) is 6.92. The van der Waals surface area contributed by atoms with Gasteiger partial charge in [0, 0.05) is 19.2 Å². The van der Waals surface area contributed by atoms with Crippen LogP contribution >= 0.6 is 11.6 Å². The average molecular weight is 379 g/mol. The van der Waals surface area contributed by atoms with Crippen molar-refractivity contribution in [3.05, 3.63) is 41.2 Å². The first-order chi connectivity index (χ1) is 12.4. The first-order valence-corrected chi connectivity index (χ1v) is 7.54. The molecule has 0 bridgehead atoms. The van der Waals surface area contributed by atoms with Crippen LogP contribution in [0, 0.1) is 5.82 Å². The molecule has 0 unspecified atom stereocenters. The van der Waals surface area contributed by atoms with Crippen LogP contribution in [0.2, 0.25) is 5.15 Å². The summed E-state index contributed by atoms with van der Waals surface area (Å²) in [4.78, 5) is 15.4. The van der Waals surface area contributed by atoms with Crippen LogP contribution in [0.1, 0.15) is 10.5 Å². The SMILES string of the molecule is COc1c(Nc2cc(Cl)nnc2C(=O)O)cc(F)cc1-c1ncn(C)n1. The van der Waals surface area contributed by atoms with E-state index in [0.29, 0.717) is 5.56 Å². The summed E-state index contributed by atoms with van der Waals surface area (Å²) in [5.74, 6) is -1.45. The lowest BCUT2D eigenvalue weighted by Gasteiger charge is -2.15. The Bertz CT molecular complexity index is 994. The summed E-state index contributed by atoms with van der Waals surface area (Å²) in [5, 5.41) is 23.1. The molecule has 0 aliphatic rings.